The minimum absolute atomic E-state index is 0.293. The van der Waals surface area contributed by atoms with E-state index in [0.29, 0.717) is 23.1 Å². The molecule has 0 aliphatic heterocycles. The number of para-hydroxylation sites is 1. The molecule has 0 aliphatic carbocycles. The zero-order valence-corrected chi connectivity index (χ0v) is 17.6. The number of nitrogens with one attached hydrogen (secondary N) is 2. The molecular weight excluding hydrogens is 378 g/mol. The molecule has 1 atom stereocenters. The van der Waals surface area contributed by atoms with Gasteiger partial charge in [0, 0.05) is 18.0 Å². The highest BCUT2D eigenvalue weighted by molar-refractivity contribution is 6.06. The fourth-order valence-corrected chi connectivity index (χ4v) is 2.75. The van der Waals surface area contributed by atoms with E-state index in [1.165, 1.54) is 4.90 Å². The highest BCUT2D eigenvalue weighted by atomic mass is 16.3. The molecule has 3 N–H and O–H groups in total. The summed E-state index contributed by atoms with van der Waals surface area (Å²) in [6.07, 6.45) is 1.58. The summed E-state index contributed by atoms with van der Waals surface area (Å²) in [4.78, 5) is 23.4. The van der Waals surface area contributed by atoms with Gasteiger partial charge in [-0.2, -0.15) is 4.98 Å². The molecule has 0 aliphatic rings. The Balaban J connectivity index is 1.93. The van der Waals surface area contributed by atoms with Gasteiger partial charge in [0.15, 0.2) is 0 Å². The lowest BCUT2D eigenvalue weighted by Gasteiger charge is -2.27. The normalized spacial score (nSPS) is 12.2. The van der Waals surface area contributed by atoms with Crippen molar-refractivity contribution in [1.82, 2.24) is 9.97 Å². The van der Waals surface area contributed by atoms with E-state index in [1.807, 2.05) is 68.4 Å². The first-order chi connectivity index (χ1) is 14.2. The number of hydrogen-bond acceptors (Lipinski definition) is 5. The Labute approximate surface area is 176 Å². The van der Waals surface area contributed by atoms with Crippen LogP contribution in [0.3, 0.4) is 0 Å². The van der Waals surface area contributed by atoms with Crippen molar-refractivity contribution in [2.24, 2.45) is 0 Å². The summed E-state index contributed by atoms with van der Waals surface area (Å²) in [6.45, 7) is 7.23. The zero-order valence-electron chi connectivity index (χ0n) is 17.6. The minimum atomic E-state index is -0.957. The van der Waals surface area contributed by atoms with Gasteiger partial charge in [0.05, 0.1) is 17.3 Å². The molecule has 1 unspecified atom stereocenters. The van der Waals surface area contributed by atoms with Crippen LogP contribution in [0.2, 0.25) is 0 Å². The summed E-state index contributed by atoms with van der Waals surface area (Å²) in [5.74, 6) is 0.734. The molecule has 3 rings (SSSR count). The lowest BCUT2D eigenvalue weighted by Crippen LogP contribution is -2.40. The molecule has 0 fully saturated rings. The Morgan fingerprint density at radius 2 is 1.83 bits per heavy atom. The predicted molar refractivity (Wildman–Crippen MR) is 120 cm³/mol. The molecule has 0 saturated carbocycles. The Hall–Kier alpha value is -3.45. The Bertz CT molecular complexity index is 1000. The van der Waals surface area contributed by atoms with Crippen molar-refractivity contribution in [3.05, 3.63) is 72.4 Å². The lowest BCUT2D eigenvalue weighted by molar-refractivity contribution is 0.0646. The molecule has 1 aromatic heterocycles. The standard InChI is InChI=1S/C23H27N5O2/c1-16-9-8-10-18(15-16)26-22(29)28(19-11-6-5-7-12-19)20-13-14-24-21(27-20)25-17(2)23(3,4)30/h5-15,17,30H,1-4H3,(H,26,29)(H,24,25,27). The van der Waals surface area contributed by atoms with Crippen LogP contribution in [-0.2, 0) is 0 Å². The fraction of sp³-hybridized carbons (Fsp3) is 0.261. The molecule has 156 valence electrons. The largest absolute Gasteiger partial charge is 0.388 e. The molecule has 30 heavy (non-hydrogen) atoms. The molecule has 0 spiro atoms. The van der Waals surface area contributed by atoms with Crippen LogP contribution in [0.5, 0.6) is 0 Å². The van der Waals surface area contributed by atoms with Gasteiger partial charge >= 0.3 is 6.03 Å². The van der Waals surface area contributed by atoms with E-state index in [9.17, 15) is 9.90 Å². The Morgan fingerprint density at radius 3 is 2.50 bits per heavy atom. The summed E-state index contributed by atoms with van der Waals surface area (Å²) >= 11 is 0. The summed E-state index contributed by atoms with van der Waals surface area (Å²) in [5, 5.41) is 16.2. The minimum Gasteiger partial charge on any atom is -0.388 e. The first-order valence-corrected chi connectivity index (χ1v) is 9.79. The van der Waals surface area contributed by atoms with E-state index in [2.05, 4.69) is 20.6 Å². The predicted octanol–water partition coefficient (Wildman–Crippen LogP) is 4.73. The Kier molecular flexibility index (Phi) is 6.32. The number of hydrogen-bond donors (Lipinski definition) is 3. The van der Waals surface area contributed by atoms with Crippen molar-refractivity contribution in [3.63, 3.8) is 0 Å². The van der Waals surface area contributed by atoms with Gasteiger partial charge in [-0.1, -0.05) is 30.3 Å². The number of urea groups is 1. The van der Waals surface area contributed by atoms with Gasteiger partial charge in [-0.15, -0.1) is 0 Å². The van der Waals surface area contributed by atoms with E-state index < -0.39 is 5.60 Å². The van der Waals surface area contributed by atoms with E-state index in [-0.39, 0.29) is 12.1 Å². The van der Waals surface area contributed by atoms with E-state index >= 15 is 0 Å². The number of aliphatic hydroxyl groups is 1. The van der Waals surface area contributed by atoms with Crippen molar-refractivity contribution in [3.8, 4) is 0 Å². The van der Waals surface area contributed by atoms with Gasteiger partial charge in [-0.25, -0.2) is 14.7 Å². The number of benzene rings is 2. The molecule has 2 aromatic carbocycles. The molecule has 0 saturated heterocycles. The quantitative estimate of drug-likeness (QED) is 0.552. The number of anilines is 4. The molecule has 7 nitrogen and oxygen atoms in total. The zero-order chi connectivity index (χ0) is 21.7. The third kappa shape index (κ3) is 5.33. The molecule has 0 radical (unpaired) electrons. The van der Waals surface area contributed by atoms with Gasteiger partial charge in [0.2, 0.25) is 5.95 Å². The van der Waals surface area contributed by atoms with E-state index in [1.54, 1.807) is 26.1 Å². The first-order valence-electron chi connectivity index (χ1n) is 9.79. The van der Waals surface area contributed by atoms with Gasteiger partial charge in [0.1, 0.15) is 5.82 Å². The topological polar surface area (TPSA) is 90.4 Å². The van der Waals surface area contributed by atoms with Crippen LogP contribution in [0, 0.1) is 6.92 Å². The average molecular weight is 406 g/mol. The summed E-state index contributed by atoms with van der Waals surface area (Å²) in [5.41, 5.74) is 1.46. The van der Waals surface area contributed by atoms with Crippen LogP contribution >= 0.6 is 0 Å². The van der Waals surface area contributed by atoms with Gasteiger partial charge in [-0.05, 0) is 57.5 Å². The van der Waals surface area contributed by atoms with Crippen molar-refractivity contribution in [2.45, 2.75) is 39.3 Å². The maximum atomic E-state index is 13.2. The molecule has 0 bridgehead atoms. The Morgan fingerprint density at radius 1 is 1.10 bits per heavy atom. The lowest BCUT2D eigenvalue weighted by atomic mass is 10.0. The first kappa shape index (κ1) is 21.3. The van der Waals surface area contributed by atoms with Gasteiger partial charge in [-0.3, -0.25) is 0 Å². The second kappa shape index (κ2) is 8.92. The van der Waals surface area contributed by atoms with Crippen molar-refractivity contribution < 1.29 is 9.90 Å². The molecule has 3 aromatic rings. The monoisotopic (exact) mass is 405 g/mol. The van der Waals surface area contributed by atoms with Gasteiger partial charge in [0.25, 0.3) is 0 Å². The van der Waals surface area contributed by atoms with Crippen molar-refractivity contribution in [1.29, 1.82) is 0 Å². The van der Waals surface area contributed by atoms with Gasteiger partial charge < -0.3 is 15.7 Å². The van der Waals surface area contributed by atoms with E-state index in [4.69, 9.17) is 0 Å². The third-order valence-corrected chi connectivity index (χ3v) is 4.76. The van der Waals surface area contributed by atoms with Crippen LogP contribution in [0.1, 0.15) is 26.3 Å². The number of carbonyl (C=O) groups excluding carboxylic acids is 1. The van der Waals surface area contributed by atoms with Crippen molar-refractivity contribution in [2.75, 3.05) is 15.5 Å². The fourth-order valence-electron chi connectivity index (χ4n) is 2.75. The second-order valence-corrected chi connectivity index (χ2v) is 7.73. The SMILES string of the molecule is Cc1cccc(NC(=O)N(c2ccccc2)c2ccnc(NC(C)C(C)(C)O)n2)c1. The number of aryl methyl sites for hydroxylation is 1. The van der Waals surface area contributed by atoms with E-state index in [0.717, 1.165) is 5.56 Å². The number of amides is 2. The maximum absolute atomic E-state index is 13.2. The van der Waals surface area contributed by atoms with Crippen LogP contribution in [0.25, 0.3) is 0 Å². The second-order valence-electron chi connectivity index (χ2n) is 7.73. The number of rotatable bonds is 6. The molecule has 1 heterocycles. The van der Waals surface area contributed by atoms with Crippen LogP contribution in [-0.4, -0.2) is 32.7 Å². The summed E-state index contributed by atoms with van der Waals surface area (Å²) in [7, 11) is 0. The van der Waals surface area contributed by atoms with Crippen LogP contribution in [0.4, 0.5) is 27.9 Å². The van der Waals surface area contributed by atoms with Crippen LogP contribution < -0.4 is 15.5 Å². The molecular formula is C23H27N5O2. The third-order valence-electron chi connectivity index (χ3n) is 4.76. The van der Waals surface area contributed by atoms with Crippen LogP contribution in [0.15, 0.2) is 66.9 Å². The molecule has 2 amide bonds. The highest BCUT2D eigenvalue weighted by Crippen LogP contribution is 2.26. The highest BCUT2D eigenvalue weighted by Gasteiger charge is 2.24. The van der Waals surface area contributed by atoms with Crippen molar-refractivity contribution >= 4 is 29.2 Å². The number of carbonyl (C=O) groups is 1. The molecule has 7 heteroatoms. The smallest absolute Gasteiger partial charge is 0.332 e. The number of nitrogens with zero attached hydrogens (tertiary/aromatic N) is 3. The maximum Gasteiger partial charge on any atom is 0.332 e. The number of aromatic nitrogens is 2. The summed E-state index contributed by atoms with van der Waals surface area (Å²) in [6, 6.07) is 17.9. The summed E-state index contributed by atoms with van der Waals surface area (Å²) < 4.78 is 0. The average Bonchev–Trinajstić information content (AvgIpc) is 2.68.